The van der Waals surface area contributed by atoms with Crippen molar-refractivity contribution in [3.05, 3.63) is 35.7 Å². The van der Waals surface area contributed by atoms with Crippen molar-refractivity contribution in [2.75, 3.05) is 7.11 Å². The van der Waals surface area contributed by atoms with Crippen molar-refractivity contribution in [2.24, 2.45) is 5.73 Å². The van der Waals surface area contributed by atoms with Crippen LogP contribution in [-0.4, -0.2) is 22.1 Å². The van der Waals surface area contributed by atoms with Gasteiger partial charge < -0.3 is 10.5 Å². The first kappa shape index (κ1) is 10.6. The van der Waals surface area contributed by atoms with E-state index in [0.29, 0.717) is 6.54 Å². The van der Waals surface area contributed by atoms with Crippen LogP contribution < -0.4 is 10.5 Å². The molecule has 0 amide bonds. The van der Waals surface area contributed by atoms with Crippen molar-refractivity contribution in [1.82, 2.24) is 15.0 Å². The van der Waals surface area contributed by atoms with Crippen LogP contribution in [0.25, 0.3) is 5.69 Å². The molecule has 0 aliphatic carbocycles. The zero-order valence-corrected chi connectivity index (χ0v) is 9.34. The second-order valence-corrected chi connectivity index (χ2v) is 3.44. The molecule has 0 bridgehead atoms. The van der Waals surface area contributed by atoms with Crippen LogP contribution in [-0.2, 0) is 6.54 Å². The Morgan fingerprint density at radius 1 is 1.44 bits per heavy atom. The number of benzene rings is 1. The molecule has 0 atom stereocenters. The summed E-state index contributed by atoms with van der Waals surface area (Å²) in [6.45, 7) is 2.31. The summed E-state index contributed by atoms with van der Waals surface area (Å²) >= 11 is 0. The Morgan fingerprint density at radius 3 is 2.94 bits per heavy atom. The molecule has 0 radical (unpaired) electrons. The number of rotatable bonds is 3. The Balaban J connectivity index is 2.49. The predicted octanol–water partition coefficient (Wildman–Crippen LogP) is 1.04. The van der Waals surface area contributed by atoms with Crippen LogP contribution >= 0.6 is 0 Å². The van der Waals surface area contributed by atoms with Crippen LogP contribution in [0.2, 0.25) is 0 Å². The van der Waals surface area contributed by atoms with Gasteiger partial charge in [-0.15, -0.1) is 5.10 Å². The minimum absolute atomic E-state index is 0.413. The van der Waals surface area contributed by atoms with Gasteiger partial charge in [0.25, 0.3) is 0 Å². The maximum Gasteiger partial charge on any atom is 0.121 e. The molecule has 5 nitrogen and oxygen atoms in total. The second kappa shape index (κ2) is 4.32. The lowest BCUT2D eigenvalue weighted by molar-refractivity contribution is 0.414. The number of hydrogen-bond acceptors (Lipinski definition) is 4. The Morgan fingerprint density at radius 2 is 2.25 bits per heavy atom. The Kier molecular flexibility index (Phi) is 2.87. The topological polar surface area (TPSA) is 66.0 Å². The fourth-order valence-corrected chi connectivity index (χ4v) is 1.56. The number of nitrogens with zero attached hydrogens (tertiary/aromatic N) is 3. The van der Waals surface area contributed by atoms with E-state index in [-0.39, 0.29) is 0 Å². The molecule has 2 N–H and O–H groups in total. The third kappa shape index (κ3) is 1.77. The fourth-order valence-electron chi connectivity index (χ4n) is 1.56. The van der Waals surface area contributed by atoms with Crippen LogP contribution in [0.1, 0.15) is 11.4 Å². The molecule has 0 aliphatic heterocycles. The van der Waals surface area contributed by atoms with E-state index in [0.717, 1.165) is 22.8 Å². The van der Waals surface area contributed by atoms with E-state index in [4.69, 9.17) is 10.5 Å². The standard InChI is InChI=1S/C11H14N4O/c1-8-11(7-12)15(14-13-8)9-4-3-5-10(6-9)16-2/h3-6H,7,12H2,1-2H3. The summed E-state index contributed by atoms with van der Waals surface area (Å²) in [5.74, 6) is 0.786. The van der Waals surface area contributed by atoms with Crippen molar-refractivity contribution in [1.29, 1.82) is 0 Å². The van der Waals surface area contributed by atoms with Crippen LogP contribution in [0.15, 0.2) is 24.3 Å². The molecule has 16 heavy (non-hydrogen) atoms. The second-order valence-electron chi connectivity index (χ2n) is 3.44. The van der Waals surface area contributed by atoms with Gasteiger partial charge in [0, 0.05) is 12.6 Å². The molecule has 0 saturated heterocycles. The molecule has 1 heterocycles. The minimum Gasteiger partial charge on any atom is -0.497 e. The molecule has 5 heteroatoms. The molecule has 2 rings (SSSR count). The van der Waals surface area contributed by atoms with Gasteiger partial charge in [0.15, 0.2) is 0 Å². The van der Waals surface area contributed by atoms with Crippen LogP contribution in [0.5, 0.6) is 5.75 Å². The van der Waals surface area contributed by atoms with Gasteiger partial charge in [0.05, 0.1) is 24.2 Å². The number of aryl methyl sites for hydroxylation is 1. The van der Waals surface area contributed by atoms with Crippen LogP contribution in [0.4, 0.5) is 0 Å². The fraction of sp³-hybridized carbons (Fsp3) is 0.273. The van der Waals surface area contributed by atoms with Gasteiger partial charge in [0.1, 0.15) is 5.75 Å². The SMILES string of the molecule is COc1cccc(-n2nnc(C)c2CN)c1. The van der Waals surface area contributed by atoms with Gasteiger partial charge >= 0.3 is 0 Å². The number of aromatic nitrogens is 3. The Bertz CT molecular complexity index is 492. The number of methoxy groups -OCH3 is 1. The first-order valence-electron chi connectivity index (χ1n) is 5.02. The van der Waals surface area contributed by atoms with Gasteiger partial charge in [0.2, 0.25) is 0 Å². The van der Waals surface area contributed by atoms with E-state index in [2.05, 4.69) is 10.3 Å². The molecule has 0 unspecified atom stereocenters. The van der Waals surface area contributed by atoms with E-state index in [1.165, 1.54) is 0 Å². The van der Waals surface area contributed by atoms with E-state index < -0.39 is 0 Å². The van der Waals surface area contributed by atoms with E-state index in [1.54, 1.807) is 11.8 Å². The summed E-state index contributed by atoms with van der Waals surface area (Å²) in [7, 11) is 1.63. The highest BCUT2D eigenvalue weighted by Gasteiger charge is 2.09. The summed E-state index contributed by atoms with van der Waals surface area (Å²) in [6.07, 6.45) is 0. The quantitative estimate of drug-likeness (QED) is 0.836. The minimum atomic E-state index is 0.413. The summed E-state index contributed by atoms with van der Waals surface area (Å²) < 4.78 is 6.90. The first-order valence-corrected chi connectivity index (χ1v) is 5.02. The van der Waals surface area contributed by atoms with Crippen molar-refractivity contribution >= 4 is 0 Å². The largest absolute Gasteiger partial charge is 0.497 e. The molecule has 1 aromatic heterocycles. The third-order valence-electron chi connectivity index (χ3n) is 2.45. The molecular formula is C11H14N4O. The van der Waals surface area contributed by atoms with Crippen LogP contribution in [0, 0.1) is 6.92 Å². The monoisotopic (exact) mass is 218 g/mol. The molecule has 84 valence electrons. The maximum atomic E-state index is 5.67. The first-order chi connectivity index (χ1) is 7.76. The molecule has 0 saturated carbocycles. The average molecular weight is 218 g/mol. The van der Waals surface area contributed by atoms with Gasteiger partial charge in [-0.3, -0.25) is 0 Å². The van der Waals surface area contributed by atoms with Crippen molar-refractivity contribution in [3.63, 3.8) is 0 Å². The highest BCUT2D eigenvalue weighted by Crippen LogP contribution is 2.17. The van der Waals surface area contributed by atoms with Crippen molar-refractivity contribution in [2.45, 2.75) is 13.5 Å². The van der Waals surface area contributed by atoms with Gasteiger partial charge in [-0.1, -0.05) is 11.3 Å². The van der Waals surface area contributed by atoms with Gasteiger partial charge in [-0.05, 0) is 19.1 Å². The Labute approximate surface area is 93.8 Å². The van der Waals surface area contributed by atoms with Crippen molar-refractivity contribution < 1.29 is 4.74 Å². The number of nitrogens with two attached hydrogens (primary N) is 1. The highest BCUT2D eigenvalue weighted by molar-refractivity contribution is 5.39. The van der Waals surface area contributed by atoms with E-state index in [9.17, 15) is 0 Å². The number of hydrogen-bond donors (Lipinski definition) is 1. The maximum absolute atomic E-state index is 5.67. The Hall–Kier alpha value is -1.88. The van der Waals surface area contributed by atoms with Gasteiger partial charge in [-0.2, -0.15) is 0 Å². The smallest absolute Gasteiger partial charge is 0.121 e. The number of ether oxygens (including phenoxy) is 1. The summed E-state index contributed by atoms with van der Waals surface area (Å²) in [5, 5.41) is 8.07. The lowest BCUT2D eigenvalue weighted by Gasteiger charge is -2.06. The molecule has 0 fully saturated rings. The molecule has 0 aliphatic rings. The predicted molar refractivity (Wildman–Crippen MR) is 60.5 cm³/mol. The lowest BCUT2D eigenvalue weighted by Crippen LogP contribution is -2.08. The third-order valence-corrected chi connectivity index (χ3v) is 2.45. The van der Waals surface area contributed by atoms with E-state index in [1.807, 2.05) is 31.2 Å². The zero-order valence-electron chi connectivity index (χ0n) is 9.34. The summed E-state index contributed by atoms with van der Waals surface area (Å²) in [6, 6.07) is 7.63. The highest BCUT2D eigenvalue weighted by atomic mass is 16.5. The average Bonchev–Trinajstić information content (AvgIpc) is 2.70. The van der Waals surface area contributed by atoms with Crippen LogP contribution in [0.3, 0.4) is 0 Å². The summed E-state index contributed by atoms with van der Waals surface area (Å²) in [5.41, 5.74) is 8.34. The zero-order chi connectivity index (χ0) is 11.5. The lowest BCUT2D eigenvalue weighted by atomic mass is 10.2. The molecular weight excluding hydrogens is 204 g/mol. The van der Waals surface area contributed by atoms with Crippen molar-refractivity contribution in [3.8, 4) is 11.4 Å². The molecule has 0 spiro atoms. The molecule has 1 aromatic carbocycles. The van der Waals surface area contributed by atoms with E-state index >= 15 is 0 Å². The molecule has 2 aromatic rings. The van der Waals surface area contributed by atoms with Gasteiger partial charge in [-0.25, -0.2) is 4.68 Å². The summed E-state index contributed by atoms with van der Waals surface area (Å²) in [4.78, 5) is 0. The normalized spacial score (nSPS) is 10.4.